The summed E-state index contributed by atoms with van der Waals surface area (Å²) in [6, 6.07) is 12.4. The van der Waals surface area contributed by atoms with Gasteiger partial charge in [0.15, 0.2) is 5.75 Å². The molecular weight excluding hydrogens is 396 g/mol. The number of benzene rings is 2. The summed E-state index contributed by atoms with van der Waals surface area (Å²) in [6.45, 7) is 4.87. The van der Waals surface area contributed by atoms with Gasteiger partial charge in [0.25, 0.3) is 0 Å². The van der Waals surface area contributed by atoms with Crippen LogP contribution < -0.4 is 10.1 Å². The first kappa shape index (κ1) is 20.3. The number of halogens is 1. The highest BCUT2D eigenvalue weighted by molar-refractivity contribution is 6.31. The second-order valence-electron chi connectivity index (χ2n) is 6.54. The van der Waals surface area contributed by atoms with E-state index in [1.165, 1.54) is 11.6 Å². The van der Waals surface area contributed by atoms with Crippen molar-refractivity contribution in [3.63, 3.8) is 0 Å². The Morgan fingerprint density at radius 2 is 1.90 bits per heavy atom. The molecule has 0 fully saturated rings. The number of ether oxygens (including phenoxy) is 1. The lowest BCUT2D eigenvalue weighted by Gasteiger charge is -2.13. The van der Waals surface area contributed by atoms with E-state index in [9.17, 15) is 14.9 Å². The molecule has 0 atom stereocenters. The van der Waals surface area contributed by atoms with Crippen LogP contribution in [0.3, 0.4) is 0 Å². The van der Waals surface area contributed by atoms with E-state index in [-0.39, 0.29) is 17.9 Å². The van der Waals surface area contributed by atoms with Crippen molar-refractivity contribution < 1.29 is 14.5 Å². The SMILES string of the molecule is Cc1ccc(Oc2ccc(Cl)cc2NC(=O)Cn2nc(C)c([N+](=O)[O-])c2C)cc1. The van der Waals surface area contributed by atoms with Crippen molar-refractivity contribution in [2.24, 2.45) is 0 Å². The predicted molar refractivity (Wildman–Crippen MR) is 110 cm³/mol. The van der Waals surface area contributed by atoms with E-state index in [0.29, 0.717) is 27.9 Å². The Labute approximate surface area is 172 Å². The fraction of sp³-hybridized carbons (Fsp3) is 0.200. The lowest BCUT2D eigenvalue weighted by Crippen LogP contribution is -2.20. The normalized spacial score (nSPS) is 10.6. The summed E-state index contributed by atoms with van der Waals surface area (Å²) >= 11 is 6.07. The maximum atomic E-state index is 12.5. The van der Waals surface area contributed by atoms with Crippen LogP contribution >= 0.6 is 11.6 Å². The lowest BCUT2D eigenvalue weighted by molar-refractivity contribution is -0.386. The summed E-state index contributed by atoms with van der Waals surface area (Å²) in [5.74, 6) is 0.620. The van der Waals surface area contributed by atoms with Gasteiger partial charge in [0, 0.05) is 5.02 Å². The van der Waals surface area contributed by atoms with Crippen LogP contribution in [0.5, 0.6) is 11.5 Å². The maximum Gasteiger partial charge on any atom is 0.312 e. The Balaban J connectivity index is 1.80. The molecule has 1 aromatic heterocycles. The zero-order chi connectivity index (χ0) is 21.1. The molecule has 2 aromatic carbocycles. The van der Waals surface area contributed by atoms with Crippen LogP contribution in [-0.2, 0) is 11.3 Å². The number of aryl methyl sites for hydroxylation is 2. The number of carbonyl (C=O) groups excluding carboxylic acids is 1. The van der Waals surface area contributed by atoms with Gasteiger partial charge in [-0.25, -0.2) is 0 Å². The van der Waals surface area contributed by atoms with Crippen molar-refractivity contribution in [2.45, 2.75) is 27.3 Å². The molecule has 1 amide bonds. The summed E-state index contributed by atoms with van der Waals surface area (Å²) in [6.07, 6.45) is 0. The van der Waals surface area contributed by atoms with Gasteiger partial charge in [-0.05, 0) is 51.1 Å². The number of amides is 1. The average Bonchev–Trinajstić information content (AvgIpc) is 2.92. The first-order valence-corrected chi connectivity index (χ1v) is 9.14. The van der Waals surface area contributed by atoms with Gasteiger partial charge in [-0.15, -0.1) is 0 Å². The first-order valence-electron chi connectivity index (χ1n) is 8.77. The molecule has 0 aliphatic rings. The molecule has 150 valence electrons. The molecule has 0 spiro atoms. The lowest BCUT2D eigenvalue weighted by atomic mass is 10.2. The van der Waals surface area contributed by atoms with Gasteiger partial charge >= 0.3 is 5.69 Å². The number of nitrogens with one attached hydrogen (secondary N) is 1. The van der Waals surface area contributed by atoms with Crippen molar-refractivity contribution in [3.05, 3.63) is 74.6 Å². The molecule has 0 saturated heterocycles. The summed E-state index contributed by atoms with van der Waals surface area (Å²) in [5, 5.41) is 18.4. The molecule has 1 N–H and O–H groups in total. The van der Waals surface area contributed by atoms with Crippen LogP contribution in [-0.4, -0.2) is 20.6 Å². The molecule has 1 heterocycles. The van der Waals surface area contributed by atoms with Crippen molar-refractivity contribution in [1.82, 2.24) is 9.78 Å². The maximum absolute atomic E-state index is 12.5. The Kier molecular flexibility index (Phi) is 5.84. The van der Waals surface area contributed by atoms with Crippen molar-refractivity contribution >= 4 is 28.9 Å². The van der Waals surface area contributed by atoms with Crippen LogP contribution in [0.4, 0.5) is 11.4 Å². The van der Waals surface area contributed by atoms with Gasteiger partial charge in [-0.2, -0.15) is 5.10 Å². The third-order valence-corrected chi connectivity index (χ3v) is 4.52. The Bertz CT molecular complexity index is 1080. The highest BCUT2D eigenvalue weighted by Crippen LogP contribution is 2.32. The molecule has 9 heteroatoms. The molecule has 0 aliphatic heterocycles. The van der Waals surface area contributed by atoms with Crippen LogP contribution in [0, 0.1) is 30.9 Å². The molecule has 0 bridgehead atoms. The summed E-state index contributed by atoms with van der Waals surface area (Å²) in [4.78, 5) is 23.2. The monoisotopic (exact) mass is 414 g/mol. The number of carbonyl (C=O) groups is 1. The van der Waals surface area contributed by atoms with Gasteiger partial charge in [0.2, 0.25) is 5.91 Å². The van der Waals surface area contributed by atoms with E-state index in [1.54, 1.807) is 25.1 Å². The third-order valence-electron chi connectivity index (χ3n) is 4.28. The second-order valence-corrected chi connectivity index (χ2v) is 6.97. The molecule has 3 rings (SSSR count). The van der Waals surface area contributed by atoms with Gasteiger partial charge in [-0.1, -0.05) is 29.3 Å². The fourth-order valence-corrected chi connectivity index (χ4v) is 3.03. The van der Waals surface area contributed by atoms with Crippen LogP contribution in [0.15, 0.2) is 42.5 Å². The van der Waals surface area contributed by atoms with E-state index >= 15 is 0 Å². The number of nitro groups is 1. The molecule has 0 saturated carbocycles. The molecule has 3 aromatic rings. The highest BCUT2D eigenvalue weighted by Gasteiger charge is 2.23. The number of aromatic nitrogens is 2. The molecule has 29 heavy (non-hydrogen) atoms. The van der Waals surface area contributed by atoms with E-state index < -0.39 is 10.8 Å². The van der Waals surface area contributed by atoms with E-state index in [4.69, 9.17) is 16.3 Å². The number of hydrogen-bond acceptors (Lipinski definition) is 5. The molecule has 8 nitrogen and oxygen atoms in total. The zero-order valence-electron chi connectivity index (χ0n) is 16.1. The zero-order valence-corrected chi connectivity index (χ0v) is 16.9. The largest absolute Gasteiger partial charge is 0.455 e. The van der Waals surface area contributed by atoms with E-state index in [1.807, 2.05) is 31.2 Å². The minimum atomic E-state index is -0.503. The summed E-state index contributed by atoms with van der Waals surface area (Å²) < 4.78 is 7.16. The van der Waals surface area contributed by atoms with Crippen molar-refractivity contribution in [3.8, 4) is 11.5 Å². The van der Waals surface area contributed by atoms with Gasteiger partial charge < -0.3 is 10.1 Å². The van der Waals surface area contributed by atoms with E-state index in [2.05, 4.69) is 10.4 Å². The summed E-state index contributed by atoms with van der Waals surface area (Å²) in [7, 11) is 0. The molecule has 0 unspecified atom stereocenters. The van der Waals surface area contributed by atoms with Crippen molar-refractivity contribution in [2.75, 3.05) is 5.32 Å². The van der Waals surface area contributed by atoms with Gasteiger partial charge in [0.05, 0.1) is 10.6 Å². The molecular formula is C20H19ClN4O4. The predicted octanol–water partition coefficient (Wildman–Crippen LogP) is 4.80. The number of nitrogens with zero attached hydrogens (tertiary/aromatic N) is 3. The topological polar surface area (TPSA) is 99.3 Å². The Morgan fingerprint density at radius 3 is 2.52 bits per heavy atom. The average molecular weight is 415 g/mol. The van der Waals surface area contributed by atoms with E-state index in [0.717, 1.165) is 5.56 Å². The number of anilines is 1. The number of rotatable bonds is 6. The standard InChI is InChI=1S/C20H19ClN4O4/c1-12-4-7-16(8-5-12)29-18-9-6-15(21)10-17(18)22-19(26)11-24-14(3)20(25(27)28)13(2)23-24/h4-10H,11H2,1-3H3,(H,22,26). The Morgan fingerprint density at radius 1 is 1.21 bits per heavy atom. The highest BCUT2D eigenvalue weighted by atomic mass is 35.5. The smallest absolute Gasteiger partial charge is 0.312 e. The fourth-order valence-electron chi connectivity index (χ4n) is 2.85. The quantitative estimate of drug-likeness (QED) is 0.461. The van der Waals surface area contributed by atoms with Crippen LogP contribution in [0.1, 0.15) is 17.0 Å². The minimum absolute atomic E-state index is 0.0936. The van der Waals surface area contributed by atoms with Crippen LogP contribution in [0.2, 0.25) is 5.02 Å². The summed E-state index contributed by atoms with van der Waals surface area (Å²) in [5.41, 5.74) is 1.96. The number of hydrogen-bond donors (Lipinski definition) is 1. The molecule has 0 radical (unpaired) electrons. The molecule has 0 aliphatic carbocycles. The second kappa shape index (κ2) is 8.32. The van der Waals surface area contributed by atoms with Crippen molar-refractivity contribution in [1.29, 1.82) is 0 Å². The van der Waals surface area contributed by atoms with Gasteiger partial charge in [-0.3, -0.25) is 19.6 Å². The Hall–Kier alpha value is -3.39. The minimum Gasteiger partial charge on any atom is -0.455 e. The van der Waals surface area contributed by atoms with Gasteiger partial charge in [0.1, 0.15) is 23.7 Å². The van der Waals surface area contributed by atoms with Crippen LogP contribution in [0.25, 0.3) is 0 Å². The first-order chi connectivity index (χ1) is 13.7. The third kappa shape index (κ3) is 4.72.